The van der Waals surface area contributed by atoms with E-state index in [1.54, 1.807) is 6.07 Å². The van der Waals surface area contributed by atoms with Gasteiger partial charge in [-0.05, 0) is 58.2 Å². The van der Waals surface area contributed by atoms with Crippen LogP contribution >= 0.6 is 39.1 Å². The van der Waals surface area contributed by atoms with E-state index in [9.17, 15) is 9.59 Å². The third-order valence-corrected chi connectivity index (χ3v) is 4.25. The SMILES string of the molecule is CC(C)COC(=O)c1ccc(OC(=O)COc2c(Cl)cc(Cl)cc2Br)cc1. The van der Waals surface area contributed by atoms with Crippen molar-refractivity contribution < 1.29 is 23.8 Å². The first-order chi connectivity index (χ1) is 12.8. The summed E-state index contributed by atoms with van der Waals surface area (Å²) >= 11 is 15.2. The van der Waals surface area contributed by atoms with E-state index in [1.807, 2.05) is 13.8 Å². The number of benzene rings is 2. The number of hydrogen-bond acceptors (Lipinski definition) is 5. The molecule has 0 atom stereocenters. The average Bonchev–Trinajstić information content (AvgIpc) is 2.59. The molecule has 0 aliphatic carbocycles. The highest BCUT2D eigenvalue weighted by Crippen LogP contribution is 2.36. The molecule has 2 rings (SSSR count). The predicted molar refractivity (Wildman–Crippen MR) is 107 cm³/mol. The van der Waals surface area contributed by atoms with E-state index in [2.05, 4.69) is 15.9 Å². The number of carbonyl (C=O) groups is 2. The van der Waals surface area contributed by atoms with E-state index in [-0.39, 0.29) is 23.3 Å². The van der Waals surface area contributed by atoms with Crippen LogP contribution in [0.25, 0.3) is 0 Å². The van der Waals surface area contributed by atoms with Gasteiger partial charge < -0.3 is 14.2 Å². The van der Waals surface area contributed by atoms with Crippen molar-refractivity contribution in [2.75, 3.05) is 13.2 Å². The van der Waals surface area contributed by atoms with Crippen molar-refractivity contribution in [3.8, 4) is 11.5 Å². The minimum atomic E-state index is -0.622. The number of rotatable bonds is 7. The van der Waals surface area contributed by atoms with Crippen LogP contribution < -0.4 is 9.47 Å². The molecule has 0 radical (unpaired) electrons. The highest BCUT2D eigenvalue weighted by molar-refractivity contribution is 9.10. The Hall–Kier alpha value is -1.76. The topological polar surface area (TPSA) is 61.8 Å². The monoisotopic (exact) mass is 474 g/mol. The fourth-order valence-electron chi connectivity index (χ4n) is 1.94. The summed E-state index contributed by atoms with van der Waals surface area (Å²) in [4.78, 5) is 23.8. The second kappa shape index (κ2) is 9.97. The highest BCUT2D eigenvalue weighted by Gasteiger charge is 2.13. The molecule has 0 spiro atoms. The zero-order valence-corrected chi connectivity index (χ0v) is 17.7. The predicted octanol–water partition coefficient (Wildman–Crippen LogP) is 5.55. The van der Waals surface area contributed by atoms with Gasteiger partial charge in [0, 0.05) is 5.02 Å². The third kappa shape index (κ3) is 6.72. The largest absolute Gasteiger partial charge is 0.479 e. The normalized spacial score (nSPS) is 10.6. The van der Waals surface area contributed by atoms with Crippen molar-refractivity contribution in [3.05, 3.63) is 56.5 Å². The van der Waals surface area contributed by atoms with Gasteiger partial charge in [0.1, 0.15) is 5.75 Å². The van der Waals surface area contributed by atoms with Crippen LogP contribution in [0.2, 0.25) is 10.0 Å². The minimum Gasteiger partial charge on any atom is -0.479 e. The van der Waals surface area contributed by atoms with Crippen LogP contribution in [0, 0.1) is 5.92 Å². The minimum absolute atomic E-state index is 0.253. The molecule has 0 heterocycles. The number of halogens is 3. The van der Waals surface area contributed by atoms with Crippen molar-refractivity contribution in [3.63, 3.8) is 0 Å². The quantitative estimate of drug-likeness (QED) is 0.388. The van der Waals surface area contributed by atoms with Crippen LogP contribution in [0.5, 0.6) is 11.5 Å². The molecule has 2 aromatic rings. The van der Waals surface area contributed by atoms with Crippen molar-refractivity contribution in [1.82, 2.24) is 0 Å². The Labute approximate surface area is 175 Å². The van der Waals surface area contributed by atoms with E-state index in [0.717, 1.165) is 0 Å². The van der Waals surface area contributed by atoms with E-state index in [1.165, 1.54) is 30.3 Å². The molecule has 0 saturated carbocycles. The number of ether oxygens (including phenoxy) is 3. The fourth-order valence-corrected chi connectivity index (χ4v) is 3.31. The van der Waals surface area contributed by atoms with Crippen molar-refractivity contribution in [2.24, 2.45) is 5.92 Å². The lowest BCUT2D eigenvalue weighted by molar-refractivity contribution is -0.136. The maximum atomic E-state index is 11.9. The molecule has 0 amide bonds. The molecule has 0 aliphatic rings. The van der Waals surface area contributed by atoms with Gasteiger partial charge in [0.15, 0.2) is 12.4 Å². The zero-order chi connectivity index (χ0) is 20.0. The Kier molecular flexibility index (Phi) is 7.95. The summed E-state index contributed by atoms with van der Waals surface area (Å²) in [5.74, 6) is -0.218. The van der Waals surface area contributed by atoms with Crippen LogP contribution in [0.15, 0.2) is 40.9 Å². The van der Waals surface area contributed by atoms with Gasteiger partial charge >= 0.3 is 11.9 Å². The van der Waals surface area contributed by atoms with Gasteiger partial charge in [-0.1, -0.05) is 37.0 Å². The average molecular weight is 476 g/mol. The summed E-state index contributed by atoms with van der Waals surface area (Å²) in [6.45, 7) is 3.90. The molecule has 0 unspecified atom stereocenters. The summed E-state index contributed by atoms with van der Waals surface area (Å²) in [7, 11) is 0. The lowest BCUT2D eigenvalue weighted by Gasteiger charge is -2.11. The maximum absolute atomic E-state index is 11.9. The molecule has 2 aromatic carbocycles. The van der Waals surface area contributed by atoms with Crippen LogP contribution in [-0.4, -0.2) is 25.2 Å². The molecule has 0 aliphatic heterocycles. The Morgan fingerprint density at radius 2 is 1.78 bits per heavy atom. The molecular formula is C19H17BrCl2O5. The first-order valence-electron chi connectivity index (χ1n) is 8.01. The van der Waals surface area contributed by atoms with Crippen molar-refractivity contribution >= 4 is 51.1 Å². The Morgan fingerprint density at radius 1 is 1.11 bits per heavy atom. The molecule has 0 bridgehead atoms. The molecule has 27 heavy (non-hydrogen) atoms. The number of hydrogen-bond donors (Lipinski definition) is 0. The van der Waals surface area contributed by atoms with Crippen LogP contribution in [0.4, 0.5) is 0 Å². The second-order valence-corrected chi connectivity index (χ2v) is 7.68. The van der Waals surface area contributed by atoms with Crippen LogP contribution in [0.1, 0.15) is 24.2 Å². The van der Waals surface area contributed by atoms with Crippen LogP contribution in [-0.2, 0) is 9.53 Å². The molecule has 0 aromatic heterocycles. The molecule has 0 N–H and O–H groups in total. The summed E-state index contributed by atoms with van der Waals surface area (Å²) in [6.07, 6.45) is 0. The molecular weight excluding hydrogens is 459 g/mol. The molecule has 144 valence electrons. The van der Waals surface area contributed by atoms with Gasteiger partial charge in [-0.3, -0.25) is 0 Å². The van der Waals surface area contributed by atoms with Crippen LogP contribution in [0.3, 0.4) is 0 Å². The summed E-state index contributed by atoms with van der Waals surface area (Å²) in [5.41, 5.74) is 0.378. The maximum Gasteiger partial charge on any atom is 0.349 e. The number of esters is 2. The Bertz CT molecular complexity index is 798. The summed E-state index contributed by atoms with van der Waals surface area (Å²) in [5, 5.41) is 0.709. The molecule has 0 fully saturated rings. The summed E-state index contributed by atoms with van der Waals surface area (Å²) in [6, 6.07) is 9.18. The zero-order valence-electron chi connectivity index (χ0n) is 14.6. The van der Waals surface area contributed by atoms with Gasteiger partial charge in [-0.25, -0.2) is 9.59 Å². The molecule has 0 saturated heterocycles. The van der Waals surface area contributed by atoms with Gasteiger partial charge in [-0.2, -0.15) is 0 Å². The van der Waals surface area contributed by atoms with Gasteiger partial charge in [0.05, 0.1) is 21.7 Å². The molecule has 8 heteroatoms. The van der Waals surface area contributed by atoms with Crippen molar-refractivity contribution in [2.45, 2.75) is 13.8 Å². The van der Waals surface area contributed by atoms with E-state index >= 15 is 0 Å². The Morgan fingerprint density at radius 3 is 2.37 bits per heavy atom. The van der Waals surface area contributed by atoms with E-state index < -0.39 is 11.9 Å². The summed E-state index contributed by atoms with van der Waals surface area (Å²) < 4.78 is 16.2. The smallest absolute Gasteiger partial charge is 0.349 e. The Balaban J connectivity index is 1.90. The van der Waals surface area contributed by atoms with Gasteiger partial charge in [-0.15, -0.1) is 0 Å². The van der Waals surface area contributed by atoms with E-state index in [4.69, 9.17) is 37.4 Å². The number of carbonyl (C=O) groups excluding carboxylic acids is 2. The van der Waals surface area contributed by atoms with Gasteiger partial charge in [0.2, 0.25) is 0 Å². The first-order valence-corrected chi connectivity index (χ1v) is 9.56. The molecule has 5 nitrogen and oxygen atoms in total. The van der Waals surface area contributed by atoms with Crippen molar-refractivity contribution in [1.29, 1.82) is 0 Å². The first kappa shape index (κ1) is 21.5. The standard InChI is InChI=1S/C19H17BrCl2O5/c1-11(2)9-26-19(24)12-3-5-14(6-4-12)27-17(23)10-25-18-15(20)7-13(21)8-16(18)22/h3-8,11H,9-10H2,1-2H3. The van der Waals surface area contributed by atoms with Gasteiger partial charge in [0.25, 0.3) is 0 Å². The fraction of sp³-hybridized carbons (Fsp3) is 0.263. The third-order valence-electron chi connectivity index (χ3n) is 3.17. The lowest BCUT2D eigenvalue weighted by Crippen LogP contribution is -2.18. The second-order valence-electron chi connectivity index (χ2n) is 5.98. The van der Waals surface area contributed by atoms with E-state index in [0.29, 0.717) is 27.4 Å². The lowest BCUT2D eigenvalue weighted by atomic mass is 10.2. The highest BCUT2D eigenvalue weighted by atomic mass is 79.9.